The lowest BCUT2D eigenvalue weighted by Gasteiger charge is -2.07. The van der Waals surface area contributed by atoms with Crippen LogP contribution in [0.3, 0.4) is 0 Å². The van der Waals surface area contributed by atoms with Crippen molar-refractivity contribution in [2.75, 3.05) is 20.2 Å². The Hall–Kier alpha value is -1.26. The summed E-state index contributed by atoms with van der Waals surface area (Å²) in [5.74, 6) is 0.684. The van der Waals surface area contributed by atoms with Gasteiger partial charge >= 0.3 is 0 Å². The summed E-state index contributed by atoms with van der Waals surface area (Å²) in [6.45, 7) is 1.23. The third-order valence-corrected chi connectivity index (χ3v) is 2.86. The standard InChI is InChI=1S/C13H19ClN2O2/c1-18-12-5-3-10(9-11(12)14)4-6-13(17)16-8-2-7-15/h3,5,9H,2,4,6-8,15H2,1H3,(H,16,17). The topological polar surface area (TPSA) is 64.3 Å². The number of halogens is 1. The molecule has 18 heavy (non-hydrogen) atoms. The molecular weight excluding hydrogens is 252 g/mol. The summed E-state index contributed by atoms with van der Waals surface area (Å²) >= 11 is 6.01. The van der Waals surface area contributed by atoms with Gasteiger partial charge in [0.2, 0.25) is 5.91 Å². The second-order valence-electron chi connectivity index (χ2n) is 3.96. The second kappa shape index (κ2) is 7.95. The molecule has 0 bridgehead atoms. The SMILES string of the molecule is COc1ccc(CCC(=O)NCCCN)cc1Cl. The molecule has 0 saturated carbocycles. The van der Waals surface area contributed by atoms with E-state index in [0.29, 0.717) is 36.7 Å². The molecule has 0 spiro atoms. The zero-order chi connectivity index (χ0) is 13.4. The Morgan fingerprint density at radius 3 is 2.89 bits per heavy atom. The number of nitrogens with two attached hydrogens (primary N) is 1. The molecule has 100 valence electrons. The molecule has 0 fully saturated rings. The van der Waals surface area contributed by atoms with Crippen LogP contribution in [0, 0.1) is 0 Å². The molecule has 4 nitrogen and oxygen atoms in total. The highest BCUT2D eigenvalue weighted by molar-refractivity contribution is 6.32. The maximum Gasteiger partial charge on any atom is 0.220 e. The summed E-state index contributed by atoms with van der Waals surface area (Å²) in [4.78, 5) is 11.5. The van der Waals surface area contributed by atoms with Gasteiger partial charge in [0, 0.05) is 13.0 Å². The lowest BCUT2D eigenvalue weighted by atomic mass is 10.1. The smallest absolute Gasteiger partial charge is 0.220 e. The number of ether oxygens (including phenoxy) is 1. The van der Waals surface area contributed by atoms with Crippen molar-refractivity contribution >= 4 is 17.5 Å². The number of rotatable bonds is 7. The fourth-order valence-corrected chi connectivity index (χ4v) is 1.82. The molecular formula is C13H19ClN2O2. The number of carbonyl (C=O) groups excluding carboxylic acids is 1. The third kappa shape index (κ3) is 4.94. The van der Waals surface area contributed by atoms with E-state index in [9.17, 15) is 4.79 Å². The Morgan fingerprint density at radius 1 is 1.50 bits per heavy atom. The quantitative estimate of drug-likeness (QED) is 0.742. The maximum atomic E-state index is 11.5. The number of nitrogens with one attached hydrogen (secondary N) is 1. The van der Waals surface area contributed by atoms with Gasteiger partial charge in [0.15, 0.2) is 0 Å². The summed E-state index contributed by atoms with van der Waals surface area (Å²) in [5.41, 5.74) is 6.37. The zero-order valence-electron chi connectivity index (χ0n) is 10.5. The molecule has 0 heterocycles. The van der Waals surface area contributed by atoms with Crippen molar-refractivity contribution in [1.29, 1.82) is 0 Å². The first-order valence-electron chi connectivity index (χ1n) is 5.96. The number of benzene rings is 1. The van der Waals surface area contributed by atoms with Gasteiger partial charge in [-0.2, -0.15) is 0 Å². The predicted molar refractivity (Wildman–Crippen MR) is 73.0 cm³/mol. The van der Waals surface area contributed by atoms with Gasteiger partial charge < -0.3 is 15.8 Å². The second-order valence-corrected chi connectivity index (χ2v) is 4.37. The molecule has 1 amide bonds. The number of methoxy groups -OCH3 is 1. The monoisotopic (exact) mass is 270 g/mol. The van der Waals surface area contributed by atoms with E-state index < -0.39 is 0 Å². The van der Waals surface area contributed by atoms with Crippen LogP contribution in [0.25, 0.3) is 0 Å². The summed E-state index contributed by atoms with van der Waals surface area (Å²) in [6, 6.07) is 5.55. The van der Waals surface area contributed by atoms with Gasteiger partial charge in [0.1, 0.15) is 5.75 Å². The molecule has 1 aromatic rings. The van der Waals surface area contributed by atoms with Crippen molar-refractivity contribution in [3.05, 3.63) is 28.8 Å². The van der Waals surface area contributed by atoms with Crippen LogP contribution < -0.4 is 15.8 Å². The van der Waals surface area contributed by atoms with Crippen molar-refractivity contribution in [2.45, 2.75) is 19.3 Å². The van der Waals surface area contributed by atoms with Gasteiger partial charge in [-0.25, -0.2) is 0 Å². The molecule has 3 N–H and O–H groups in total. The molecule has 0 aliphatic carbocycles. The fourth-order valence-electron chi connectivity index (χ4n) is 1.54. The van der Waals surface area contributed by atoms with Crippen LogP contribution in [0.15, 0.2) is 18.2 Å². The van der Waals surface area contributed by atoms with E-state index >= 15 is 0 Å². The lowest BCUT2D eigenvalue weighted by Crippen LogP contribution is -2.26. The molecule has 0 saturated heterocycles. The molecule has 0 aliphatic heterocycles. The van der Waals surface area contributed by atoms with Crippen molar-refractivity contribution in [3.8, 4) is 5.75 Å². The Balaban J connectivity index is 2.39. The van der Waals surface area contributed by atoms with Crippen LogP contribution in [0.2, 0.25) is 5.02 Å². The minimum absolute atomic E-state index is 0.0374. The van der Waals surface area contributed by atoms with E-state index in [4.69, 9.17) is 22.1 Å². The summed E-state index contributed by atoms with van der Waals surface area (Å²) < 4.78 is 5.07. The molecule has 1 rings (SSSR count). The Bertz CT molecular complexity index is 397. The molecule has 0 atom stereocenters. The van der Waals surface area contributed by atoms with Gasteiger partial charge in [0.05, 0.1) is 12.1 Å². The Kier molecular flexibility index (Phi) is 6.54. The van der Waals surface area contributed by atoms with Crippen LogP contribution in [0.1, 0.15) is 18.4 Å². The van der Waals surface area contributed by atoms with Crippen LogP contribution in [-0.2, 0) is 11.2 Å². The van der Waals surface area contributed by atoms with Crippen molar-refractivity contribution in [2.24, 2.45) is 5.73 Å². The molecule has 0 unspecified atom stereocenters. The van der Waals surface area contributed by atoms with Crippen molar-refractivity contribution in [3.63, 3.8) is 0 Å². The molecule has 0 aromatic heterocycles. The largest absolute Gasteiger partial charge is 0.495 e. The maximum absolute atomic E-state index is 11.5. The van der Waals surface area contributed by atoms with E-state index in [-0.39, 0.29) is 5.91 Å². The summed E-state index contributed by atoms with van der Waals surface area (Å²) in [7, 11) is 1.58. The van der Waals surface area contributed by atoms with E-state index in [1.54, 1.807) is 7.11 Å². The predicted octanol–water partition coefficient (Wildman–Crippen LogP) is 1.75. The van der Waals surface area contributed by atoms with Crippen molar-refractivity contribution in [1.82, 2.24) is 5.32 Å². The Labute approximate surface area is 112 Å². The number of carbonyl (C=O) groups is 1. The summed E-state index contributed by atoms with van der Waals surface area (Å²) in [5, 5.41) is 3.38. The zero-order valence-corrected chi connectivity index (χ0v) is 11.3. The number of aryl methyl sites for hydroxylation is 1. The van der Waals surface area contributed by atoms with E-state index in [2.05, 4.69) is 5.32 Å². The number of hydrogen-bond acceptors (Lipinski definition) is 3. The molecule has 1 aromatic carbocycles. The normalized spacial score (nSPS) is 10.2. The molecule has 0 radical (unpaired) electrons. The minimum atomic E-state index is 0.0374. The average molecular weight is 271 g/mol. The first-order valence-corrected chi connectivity index (χ1v) is 6.34. The van der Waals surface area contributed by atoms with Gasteiger partial charge in [0.25, 0.3) is 0 Å². The Morgan fingerprint density at radius 2 is 2.28 bits per heavy atom. The van der Waals surface area contributed by atoms with Crippen LogP contribution in [0.5, 0.6) is 5.75 Å². The van der Waals surface area contributed by atoms with E-state index in [1.165, 1.54) is 0 Å². The van der Waals surface area contributed by atoms with Crippen molar-refractivity contribution < 1.29 is 9.53 Å². The van der Waals surface area contributed by atoms with Gasteiger partial charge in [-0.15, -0.1) is 0 Å². The first-order chi connectivity index (χ1) is 8.67. The van der Waals surface area contributed by atoms with E-state index in [0.717, 1.165) is 12.0 Å². The average Bonchev–Trinajstić information content (AvgIpc) is 2.37. The fraction of sp³-hybridized carbons (Fsp3) is 0.462. The minimum Gasteiger partial charge on any atom is -0.495 e. The number of amides is 1. The van der Waals surface area contributed by atoms with Gasteiger partial charge in [-0.05, 0) is 37.1 Å². The highest BCUT2D eigenvalue weighted by Crippen LogP contribution is 2.25. The van der Waals surface area contributed by atoms with Gasteiger partial charge in [-0.3, -0.25) is 4.79 Å². The summed E-state index contributed by atoms with van der Waals surface area (Å²) in [6.07, 6.45) is 1.92. The van der Waals surface area contributed by atoms with Crippen LogP contribution in [-0.4, -0.2) is 26.1 Å². The molecule has 5 heteroatoms. The highest BCUT2D eigenvalue weighted by Gasteiger charge is 2.04. The number of hydrogen-bond donors (Lipinski definition) is 2. The lowest BCUT2D eigenvalue weighted by molar-refractivity contribution is -0.121. The highest BCUT2D eigenvalue weighted by atomic mass is 35.5. The first kappa shape index (κ1) is 14.8. The third-order valence-electron chi connectivity index (χ3n) is 2.56. The van der Waals surface area contributed by atoms with E-state index in [1.807, 2.05) is 18.2 Å². The van der Waals surface area contributed by atoms with Crippen LogP contribution in [0.4, 0.5) is 0 Å². The van der Waals surface area contributed by atoms with Crippen LogP contribution >= 0.6 is 11.6 Å². The molecule has 0 aliphatic rings. The van der Waals surface area contributed by atoms with Gasteiger partial charge in [-0.1, -0.05) is 17.7 Å².